The number of nitrogens with zero attached hydrogens (tertiary/aromatic N) is 2. The van der Waals surface area contributed by atoms with Gasteiger partial charge in [-0.2, -0.15) is 5.10 Å². The molecule has 0 amide bonds. The van der Waals surface area contributed by atoms with E-state index >= 15 is 0 Å². The van der Waals surface area contributed by atoms with Gasteiger partial charge in [-0.05, 0) is 51.9 Å². The Balaban J connectivity index is 2.19. The number of hydrogen-bond acceptors (Lipinski definition) is 2. The van der Waals surface area contributed by atoms with E-state index in [0.717, 1.165) is 14.7 Å². The molecule has 17 heavy (non-hydrogen) atoms. The van der Waals surface area contributed by atoms with Crippen LogP contribution in [0.15, 0.2) is 30.6 Å². The number of halogens is 2. The maximum absolute atomic E-state index is 10.2. The summed E-state index contributed by atoms with van der Waals surface area (Å²) >= 11 is 8.14. The van der Waals surface area contributed by atoms with Crippen molar-refractivity contribution >= 4 is 34.2 Å². The van der Waals surface area contributed by atoms with Gasteiger partial charge in [0.2, 0.25) is 0 Å². The van der Waals surface area contributed by atoms with Crippen LogP contribution < -0.4 is 0 Å². The zero-order chi connectivity index (χ0) is 12.4. The van der Waals surface area contributed by atoms with E-state index in [2.05, 4.69) is 27.7 Å². The van der Waals surface area contributed by atoms with Crippen molar-refractivity contribution in [1.82, 2.24) is 9.78 Å². The molecule has 90 valence electrons. The minimum Gasteiger partial charge on any atom is -0.388 e. The van der Waals surface area contributed by atoms with Crippen LogP contribution in [0.3, 0.4) is 0 Å². The predicted molar refractivity (Wildman–Crippen MR) is 76.0 cm³/mol. The lowest BCUT2D eigenvalue weighted by molar-refractivity contribution is 0.177. The third-order valence-electron chi connectivity index (χ3n) is 2.50. The van der Waals surface area contributed by atoms with Crippen molar-refractivity contribution in [3.05, 3.63) is 50.3 Å². The molecule has 1 unspecified atom stereocenters. The average Bonchev–Trinajstić information content (AvgIpc) is 2.67. The van der Waals surface area contributed by atoms with E-state index in [9.17, 15) is 5.11 Å². The van der Waals surface area contributed by atoms with Gasteiger partial charge in [0.1, 0.15) is 0 Å². The van der Waals surface area contributed by atoms with Crippen LogP contribution in [0.2, 0.25) is 5.02 Å². The highest BCUT2D eigenvalue weighted by atomic mass is 127. The van der Waals surface area contributed by atoms with E-state index in [-0.39, 0.29) is 0 Å². The molecule has 0 bridgehead atoms. The highest BCUT2D eigenvalue weighted by Gasteiger charge is 2.13. The molecule has 0 aliphatic carbocycles. The average molecular weight is 363 g/mol. The number of aromatic nitrogens is 2. The Bertz CT molecular complexity index is 527. The maximum Gasteiger partial charge on any atom is 0.0842 e. The molecular formula is C12H12ClIN2O. The number of aliphatic hydroxyl groups is 1. The second kappa shape index (κ2) is 5.37. The number of aryl methyl sites for hydroxylation is 1. The van der Waals surface area contributed by atoms with Gasteiger partial charge >= 0.3 is 0 Å². The fraction of sp³-hybridized carbons (Fsp3) is 0.250. The molecule has 2 aromatic rings. The molecule has 0 spiro atoms. The third-order valence-corrected chi connectivity index (χ3v) is 3.72. The minimum absolute atomic E-state index is 0.546. The summed E-state index contributed by atoms with van der Waals surface area (Å²) in [6.45, 7) is 0. The molecule has 1 aromatic heterocycles. The van der Waals surface area contributed by atoms with Gasteiger partial charge in [-0.1, -0.05) is 11.6 Å². The van der Waals surface area contributed by atoms with Crippen LogP contribution in [-0.4, -0.2) is 14.9 Å². The van der Waals surface area contributed by atoms with Crippen LogP contribution in [-0.2, 0) is 13.5 Å². The van der Waals surface area contributed by atoms with E-state index in [1.165, 1.54) is 0 Å². The van der Waals surface area contributed by atoms with Crippen molar-refractivity contribution in [3.8, 4) is 0 Å². The van der Waals surface area contributed by atoms with E-state index in [0.29, 0.717) is 11.4 Å². The van der Waals surface area contributed by atoms with Crippen molar-refractivity contribution in [1.29, 1.82) is 0 Å². The van der Waals surface area contributed by atoms with Crippen LogP contribution in [0.4, 0.5) is 0 Å². The molecule has 1 aromatic carbocycles. The zero-order valence-electron chi connectivity index (χ0n) is 9.27. The van der Waals surface area contributed by atoms with Crippen molar-refractivity contribution in [2.75, 3.05) is 0 Å². The SMILES string of the molecule is Cn1cc(CC(O)c2cc(Cl)ccc2I)cn1. The Hall–Kier alpha value is -0.590. The van der Waals surface area contributed by atoms with E-state index in [1.807, 2.05) is 31.4 Å². The van der Waals surface area contributed by atoms with E-state index < -0.39 is 6.10 Å². The number of aliphatic hydroxyl groups excluding tert-OH is 1. The zero-order valence-corrected chi connectivity index (χ0v) is 12.2. The van der Waals surface area contributed by atoms with Crippen LogP contribution in [0, 0.1) is 3.57 Å². The first-order chi connectivity index (χ1) is 8.06. The van der Waals surface area contributed by atoms with Crippen LogP contribution >= 0.6 is 34.2 Å². The summed E-state index contributed by atoms with van der Waals surface area (Å²) in [6.07, 6.45) is 3.66. The maximum atomic E-state index is 10.2. The van der Waals surface area contributed by atoms with Gasteiger partial charge in [0.05, 0.1) is 12.3 Å². The second-order valence-electron chi connectivity index (χ2n) is 3.91. The number of benzene rings is 1. The summed E-state index contributed by atoms with van der Waals surface area (Å²) in [5.41, 5.74) is 1.87. The van der Waals surface area contributed by atoms with Gasteiger partial charge in [-0.25, -0.2) is 0 Å². The molecule has 0 aliphatic heterocycles. The van der Waals surface area contributed by atoms with Gasteiger partial charge in [-0.3, -0.25) is 4.68 Å². The van der Waals surface area contributed by atoms with Crippen LogP contribution in [0.1, 0.15) is 17.2 Å². The molecule has 1 atom stereocenters. The summed E-state index contributed by atoms with van der Waals surface area (Å²) in [7, 11) is 1.86. The van der Waals surface area contributed by atoms with Gasteiger partial charge in [0.15, 0.2) is 0 Å². The topological polar surface area (TPSA) is 38.0 Å². The van der Waals surface area contributed by atoms with Crippen LogP contribution in [0.25, 0.3) is 0 Å². The van der Waals surface area contributed by atoms with E-state index in [1.54, 1.807) is 10.9 Å². The van der Waals surface area contributed by atoms with Crippen LogP contribution in [0.5, 0.6) is 0 Å². The molecule has 1 N–H and O–H groups in total. The molecule has 0 radical (unpaired) electrons. The lowest BCUT2D eigenvalue weighted by atomic mass is 10.0. The molecule has 0 saturated heterocycles. The van der Waals surface area contributed by atoms with Gasteiger partial charge in [-0.15, -0.1) is 0 Å². The van der Waals surface area contributed by atoms with Gasteiger partial charge in [0.25, 0.3) is 0 Å². The molecule has 0 saturated carbocycles. The normalized spacial score (nSPS) is 12.7. The Labute approximate surface area is 119 Å². The summed E-state index contributed by atoms with van der Waals surface area (Å²) in [6, 6.07) is 5.54. The summed E-state index contributed by atoms with van der Waals surface area (Å²) in [5.74, 6) is 0. The smallest absolute Gasteiger partial charge is 0.0842 e. The minimum atomic E-state index is -0.551. The van der Waals surface area contributed by atoms with Gasteiger partial charge < -0.3 is 5.11 Å². The van der Waals surface area contributed by atoms with Crippen molar-refractivity contribution in [3.63, 3.8) is 0 Å². The standard InChI is InChI=1S/C12H12ClIN2O/c1-16-7-8(6-15-16)4-12(17)10-5-9(13)2-3-11(10)14/h2-3,5-7,12,17H,4H2,1H3. The Morgan fingerprint density at radius 2 is 2.29 bits per heavy atom. The monoisotopic (exact) mass is 362 g/mol. The molecule has 5 heteroatoms. The first-order valence-electron chi connectivity index (χ1n) is 5.17. The Morgan fingerprint density at radius 1 is 1.53 bits per heavy atom. The predicted octanol–water partition coefficient (Wildman–Crippen LogP) is 2.95. The van der Waals surface area contributed by atoms with Gasteiger partial charge in [0, 0.05) is 28.3 Å². The highest BCUT2D eigenvalue weighted by Crippen LogP contribution is 2.26. The molecule has 0 fully saturated rings. The fourth-order valence-corrected chi connectivity index (χ4v) is 2.56. The summed E-state index contributed by atoms with van der Waals surface area (Å²) in [5, 5.41) is 14.9. The second-order valence-corrected chi connectivity index (χ2v) is 5.51. The number of rotatable bonds is 3. The largest absolute Gasteiger partial charge is 0.388 e. The molecule has 3 nitrogen and oxygen atoms in total. The summed E-state index contributed by atoms with van der Waals surface area (Å²) < 4.78 is 2.74. The quantitative estimate of drug-likeness (QED) is 0.853. The first-order valence-corrected chi connectivity index (χ1v) is 6.62. The Morgan fingerprint density at radius 3 is 2.94 bits per heavy atom. The first kappa shape index (κ1) is 12.9. The molecule has 1 heterocycles. The fourth-order valence-electron chi connectivity index (χ4n) is 1.68. The van der Waals surface area contributed by atoms with Crippen molar-refractivity contribution in [2.45, 2.75) is 12.5 Å². The molecule has 2 rings (SSSR count). The number of hydrogen-bond donors (Lipinski definition) is 1. The third kappa shape index (κ3) is 3.20. The molecule has 0 aliphatic rings. The summed E-state index contributed by atoms with van der Waals surface area (Å²) in [4.78, 5) is 0. The molecular weight excluding hydrogens is 351 g/mol. The van der Waals surface area contributed by atoms with Crippen molar-refractivity contribution in [2.24, 2.45) is 7.05 Å². The highest BCUT2D eigenvalue weighted by molar-refractivity contribution is 14.1. The van der Waals surface area contributed by atoms with Crippen molar-refractivity contribution < 1.29 is 5.11 Å². The lowest BCUT2D eigenvalue weighted by Gasteiger charge is -2.12. The Kier molecular flexibility index (Phi) is 4.06. The lowest BCUT2D eigenvalue weighted by Crippen LogP contribution is -2.03. The van der Waals surface area contributed by atoms with E-state index in [4.69, 9.17) is 11.6 Å².